The lowest BCUT2D eigenvalue weighted by molar-refractivity contribution is 0.0971. The Bertz CT molecular complexity index is 1480. The minimum Gasteiger partial charge on any atom is -0.490 e. The van der Waals surface area contributed by atoms with E-state index in [2.05, 4.69) is 18.8 Å². The van der Waals surface area contributed by atoms with Gasteiger partial charge in [0.25, 0.3) is 5.91 Å². The number of hydrogen-bond acceptors (Lipinski definition) is 7. The SMILES string of the molecule is CCOc1cc(C2c3c(oc4ccc(C)cc4c3=O)C(=O)N2c2nccs2)ccc1OCCC(C)C. The molecule has 1 aliphatic rings. The third-order valence-corrected chi connectivity index (χ3v) is 6.96. The predicted octanol–water partition coefficient (Wildman–Crippen LogP) is 6.13. The van der Waals surface area contributed by atoms with E-state index < -0.39 is 6.04 Å². The molecule has 1 aliphatic heterocycles. The van der Waals surface area contributed by atoms with E-state index in [0.29, 0.717) is 52.3 Å². The second kappa shape index (κ2) is 9.78. The van der Waals surface area contributed by atoms with Crippen molar-refractivity contribution in [2.24, 2.45) is 5.92 Å². The molecule has 2 aromatic carbocycles. The van der Waals surface area contributed by atoms with Crippen molar-refractivity contribution in [3.63, 3.8) is 0 Å². The van der Waals surface area contributed by atoms with Gasteiger partial charge >= 0.3 is 0 Å². The van der Waals surface area contributed by atoms with Gasteiger partial charge in [0.15, 0.2) is 22.1 Å². The van der Waals surface area contributed by atoms with Crippen LogP contribution in [0.5, 0.6) is 11.5 Å². The summed E-state index contributed by atoms with van der Waals surface area (Å²) in [6.45, 7) is 9.14. The number of rotatable bonds is 8. The standard InChI is InChI=1S/C28H28N2O5S/c1-5-33-22-15-18(7-9-21(22)34-12-10-16(2)3)24-23-25(31)19-14-17(4)6-8-20(19)35-26(23)27(32)30(24)28-29-11-13-36-28/h6-9,11,13-16,24H,5,10,12H2,1-4H3. The summed E-state index contributed by atoms with van der Waals surface area (Å²) >= 11 is 1.33. The summed E-state index contributed by atoms with van der Waals surface area (Å²) < 4.78 is 18.0. The van der Waals surface area contributed by atoms with Crippen LogP contribution < -0.4 is 19.8 Å². The fourth-order valence-corrected chi connectivity index (χ4v) is 5.09. The van der Waals surface area contributed by atoms with E-state index in [0.717, 1.165) is 17.5 Å². The fourth-order valence-electron chi connectivity index (χ4n) is 4.42. The molecule has 7 nitrogen and oxygen atoms in total. The number of anilines is 1. The van der Waals surface area contributed by atoms with Gasteiger partial charge in [0.05, 0.1) is 30.2 Å². The minimum absolute atomic E-state index is 0.0479. The monoisotopic (exact) mass is 504 g/mol. The van der Waals surface area contributed by atoms with E-state index in [1.165, 1.54) is 16.2 Å². The van der Waals surface area contributed by atoms with E-state index >= 15 is 0 Å². The molecule has 36 heavy (non-hydrogen) atoms. The van der Waals surface area contributed by atoms with E-state index in [-0.39, 0.29) is 17.1 Å². The van der Waals surface area contributed by atoms with E-state index in [1.807, 2.05) is 38.1 Å². The maximum atomic E-state index is 13.8. The molecule has 0 radical (unpaired) electrons. The second-order valence-electron chi connectivity index (χ2n) is 9.24. The lowest BCUT2D eigenvalue weighted by Gasteiger charge is -2.23. The van der Waals surface area contributed by atoms with Crippen LogP contribution in [0.4, 0.5) is 5.13 Å². The first-order valence-corrected chi connectivity index (χ1v) is 13.0. The van der Waals surface area contributed by atoms with E-state index in [4.69, 9.17) is 13.9 Å². The van der Waals surface area contributed by atoms with Gasteiger partial charge in [-0.1, -0.05) is 31.5 Å². The van der Waals surface area contributed by atoms with Crippen LogP contribution in [0.25, 0.3) is 11.0 Å². The quantitative estimate of drug-likeness (QED) is 0.287. The number of carbonyl (C=O) groups excluding carboxylic acids is 1. The van der Waals surface area contributed by atoms with Crippen LogP contribution in [0, 0.1) is 12.8 Å². The topological polar surface area (TPSA) is 81.9 Å². The van der Waals surface area contributed by atoms with Gasteiger partial charge in [-0.15, -0.1) is 11.3 Å². The molecule has 1 unspecified atom stereocenters. The summed E-state index contributed by atoms with van der Waals surface area (Å²) in [5.74, 6) is 1.38. The number of hydrogen-bond donors (Lipinski definition) is 0. The zero-order chi connectivity index (χ0) is 25.4. The van der Waals surface area contributed by atoms with Crippen molar-refractivity contribution >= 4 is 33.3 Å². The van der Waals surface area contributed by atoms with Crippen molar-refractivity contribution in [2.45, 2.75) is 40.2 Å². The van der Waals surface area contributed by atoms with E-state index in [1.54, 1.807) is 23.7 Å². The van der Waals surface area contributed by atoms with Gasteiger partial charge < -0.3 is 13.9 Å². The van der Waals surface area contributed by atoms with Crippen molar-refractivity contribution in [3.05, 3.63) is 80.6 Å². The Balaban J connectivity index is 1.67. The van der Waals surface area contributed by atoms with Gasteiger partial charge in [-0.05, 0) is 56.0 Å². The third-order valence-electron chi connectivity index (χ3n) is 6.19. The zero-order valence-electron chi connectivity index (χ0n) is 20.7. The Kier molecular flexibility index (Phi) is 6.53. The highest BCUT2D eigenvalue weighted by molar-refractivity contribution is 7.13. The van der Waals surface area contributed by atoms with Gasteiger partial charge in [-0.25, -0.2) is 4.98 Å². The van der Waals surface area contributed by atoms with Crippen LogP contribution in [0.1, 0.15) is 60.5 Å². The minimum atomic E-state index is -0.705. The molecule has 4 aromatic rings. The first-order valence-electron chi connectivity index (χ1n) is 12.1. The molecule has 0 N–H and O–H groups in total. The smallest absolute Gasteiger partial charge is 0.297 e. The number of benzene rings is 2. The van der Waals surface area contributed by atoms with E-state index in [9.17, 15) is 9.59 Å². The average Bonchev–Trinajstić information content (AvgIpc) is 3.47. The third kappa shape index (κ3) is 4.26. The van der Waals surface area contributed by atoms with Crippen LogP contribution in [0.3, 0.4) is 0 Å². The summed E-state index contributed by atoms with van der Waals surface area (Å²) in [5, 5.41) is 2.74. The normalized spacial score (nSPS) is 15.1. The molecule has 3 heterocycles. The van der Waals surface area contributed by atoms with Crippen LogP contribution in [-0.4, -0.2) is 24.1 Å². The number of ether oxygens (including phenoxy) is 2. The van der Waals surface area contributed by atoms with Gasteiger partial charge in [0.2, 0.25) is 5.76 Å². The number of fused-ring (bicyclic) bond motifs is 2. The molecule has 0 saturated carbocycles. The largest absolute Gasteiger partial charge is 0.490 e. The summed E-state index contributed by atoms with van der Waals surface area (Å²) in [6, 6.07) is 10.3. The molecule has 186 valence electrons. The van der Waals surface area contributed by atoms with Gasteiger partial charge in [0, 0.05) is 11.6 Å². The molecule has 1 amide bonds. The highest BCUT2D eigenvalue weighted by atomic mass is 32.1. The van der Waals surface area contributed by atoms with Gasteiger partial charge in [-0.3, -0.25) is 14.5 Å². The molecule has 0 bridgehead atoms. The molecule has 2 aromatic heterocycles. The maximum Gasteiger partial charge on any atom is 0.297 e. The Labute approximate surface area is 213 Å². The molecule has 0 aliphatic carbocycles. The molecule has 5 rings (SSSR count). The van der Waals surface area contributed by atoms with Crippen molar-refractivity contribution in [3.8, 4) is 11.5 Å². The Morgan fingerprint density at radius 1 is 1.11 bits per heavy atom. The van der Waals surface area contributed by atoms with Gasteiger partial charge in [-0.2, -0.15) is 0 Å². The number of carbonyl (C=O) groups is 1. The molecule has 0 spiro atoms. The Morgan fingerprint density at radius 2 is 1.94 bits per heavy atom. The lowest BCUT2D eigenvalue weighted by atomic mass is 9.98. The molecule has 8 heteroatoms. The summed E-state index contributed by atoms with van der Waals surface area (Å²) in [4.78, 5) is 33.3. The Morgan fingerprint density at radius 3 is 2.67 bits per heavy atom. The van der Waals surface area contributed by atoms with Crippen molar-refractivity contribution < 1.29 is 18.7 Å². The number of aromatic nitrogens is 1. The summed E-state index contributed by atoms with van der Waals surface area (Å²) in [6.07, 6.45) is 2.56. The zero-order valence-corrected chi connectivity index (χ0v) is 21.6. The maximum absolute atomic E-state index is 13.8. The second-order valence-corrected chi connectivity index (χ2v) is 10.1. The molecular formula is C28H28N2O5S. The fraction of sp³-hybridized carbons (Fsp3) is 0.321. The van der Waals surface area contributed by atoms with Crippen molar-refractivity contribution in [1.82, 2.24) is 4.98 Å². The Hall–Kier alpha value is -3.65. The number of thiazole rings is 1. The number of aryl methyl sites for hydroxylation is 1. The van der Waals surface area contributed by atoms with Crippen molar-refractivity contribution in [1.29, 1.82) is 0 Å². The predicted molar refractivity (Wildman–Crippen MR) is 141 cm³/mol. The molecule has 0 saturated heterocycles. The highest BCUT2D eigenvalue weighted by Gasteiger charge is 2.45. The van der Waals surface area contributed by atoms with Crippen LogP contribution in [0.15, 0.2) is 57.2 Å². The summed E-state index contributed by atoms with van der Waals surface area (Å²) in [5.41, 5.74) is 2.14. The molecule has 0 fully saturated rings. The van der Waals surface area contributed by atoms with Gasteiger partial charge in [0.1, 0.15) is 5.58 Å². The number of nitrogens with zero attached hydrogens (tertiary/aromatic N) is 2. The number of amides is 1. The highest BCUT2D eigenvalue weighted by Crippen LogP contribution is 2.43. The van der Waals surface area contributed by atoms with Crippen LogP contribution in [0.2, 0.25) is 0 Å². The first kappa shape index (κ1) is 24.1. The van der Waals surface area contributed by atoms with Crippen LogP contribution in [-0.2, 0) is 0 Å². The lowest BCUT2D eigenvalue weighted by Crippen LogP contribution is -2.29. The molecular weight excluding hydrogens is 476 g/mol. The molecule has 1 atom stereocenters. The van der Waals surface area contributed by atoms with Crippen molar-refractivity contribution in [2.75, 3.05) is 18.1 Å². The first-order chi connectivity index (χ1) is 17.4. The summed E-state index contributed by atoms with van der Waals surface area (Å²) in [7, 11) is 0. The van der Waals surface area contributed by atoms with Crippen LogP contribution >= 0.6 is 11.3 Å². The average molecular weight is 505 g/mol.